The van der Waals surface area contributed by atoms with Crippen LogP contribution in [0.1, 0.15) is 16.9 Å². The van der Waals surface area contributed by atoms with Crippen LogP contribution in [-0.2, 0) is 4.79 Å². The quantitative estimate of drug-likeness (QED) is 0.809. The van der Waals surface area contributed by atoms with E-state index < -0.39 is 17.9 Å². The Balaban J connectivity index is 2.04. The second-order valence-electron chi connectivity index (χ2n) is 4.16. The lowest BCUT2D eigenvalue weighted by Crippen LogP contribution is -2.41. The van der Waals surface area contributed by atoms with Gasteiger partial charge in [-0.1, -0.05) is 6.07 Å². The van der Waals surface area contributed by atoms with E-state index in [1.165, 1.54) is 11.3 Å². The zero-order valence-electron chi connectivity index (χ0n) is 11.2. The van der Waals surface area contributed by atoms with Crippen LogP contribution < -0.4 is 5.32 Å². The zero-order valence-corrected chi connectivity index (χ0v) is 13.7. The van der Waals surface area contributed by atoms with E-state index >= 15 is 0 Å². The van der Waals surface area contributed by atoms with Gasteiger partial charge in [-0.25, -0.2) is 9.78 Å². The van der Waals surface area contributed by atoms with E-state index in [9.17, 15) is 9.59 Å². The van der Waals surface area contributed by atoms with Crippen molar-refractivity contribution in [3.05, 3.63) is 28.6 Å². The largest absolute Gasteiger partial charge is 0.480 e. The zero-order chi connectivity index (χ0) is 15.2. The monoisotopic (exact) mass is 342 g/mol. The molecule has 112 valence electrons. The molecule has 8 heteroatoms. The van der Waals surface area contributed by atoms with Gasteiger partial charge >= 0.3 is 5.97 Å². The molecule has 0 unspecified atom stereocenters. The molecule has 0 fully saturated rings. The minimum absolute atomic E-state index is 0.263. The summed E-state index contributed by atoms with van der Waals surface area (Å²) in [5.74, 6) is -0.789. The van der Waals surface area contributed by atoms with Gasteiger partial charge in [0.2, 0.25) is 0 Å². The van der Waals surface area contributed by atoms with Gasteiger partial charge in [-0.2, -0.15) is 11.8 Å². The first-order chi connectivity index (χ1) is 10.1. The summed E-state index contributed by atoms with van der Waals surface area (Å²) in [4.78, 5) is 28.5. The van der Waals surface area contributed by atoms with Crippen molar-refractivity contribution in [3.63, 3.8) is 0 Å². The fraction of sp³-hybridized carbons (Fsp3) is 0.308. The Bertz CT molecular complexity index is 610. The summed E-state index contributed by atoms with van der Waals surface area (Å²) in [6.07, 6.45) is 2.29. The molecule has 0 radical (unpaired) electrons. The molecule has 0 aromatic carbocycles. The molecule has 2 aromatic rings. The molecule has 0 bridgehead atoms. The van der Waals surface area contributed by atoms with Gasteiger partial charge in [0, 0.05) is 5.38 Å². The lowest BCUT2D eigenvalue weighted by Gasteiger charge is -2.12. The van der Waals surface area contributed by atoms with Crippen LogP contribution in [0.15, 0.2) is 22.9 Å². The van der Waals surface area contributed by atoms with Crippen molar-refractivity contribution in [1.29, 1.82) is 0 Å². The molecule has 2 aromatic heterocycles. The Labute approximate surface area is 134 Å². The van der Waals surface area contributed by atoms with E-state index in [0.717, 1.165) is 9.88 Å². The van der Waals surface area contributed by atoms with Crippen LogP contribution in [0, 0.1) is 0 Å². The summed E-state index contributed by atoms with van der Waals surface area (Å²) in [5.41, 5.74) is 0.263. The van der Waals surface area contributed by atoms with Gasteiger partial charge in [0.1, 0.15) is 16.7 Å². The summed E-state index contributed by atoms with van der Waals surface area (Å²) < 4.78 is 0. The third-order valence-electron chi connectivity index (χ3n) is 2.68. The summed E-state index contributed by atoms with van der Waals surface area (Å²) >= 11 is 4.47. The second-order valence-corrected chi connectivity index (χ2v) is 6.95. The molecule has 1 atom stereocenters. The van der Waals surface area contributed by atoms with Gasteiger partial charge in [0.15, 0.2) is 0 Å². The van der Waals surface area contributed by atoms with E-state index in [4.69, 9.17) is 5.11 Å². The number of thioether (sulfide) groups is 1. The van der Waals surface area contributed by atoms with Crippen molar-refractivity contribution in [3.8, 4) is 9.88 Å². The number of hydrogen-bond donors (Lipinski definition) is 2. The summed E-state index contributed by atoms with van der Waals surface area (Å²) in [5, 5.41) is 16.0. The molecule has 0 saturated heterocycles. The highest BCUT2D eigenvalue weighted by Crippen LogP contribution is 2.27. The number of rotatable bonds is 7. The Kier molecular flexibility index (Phi) is 5.77. The molecule has 2 N–H and O–H groups in total. The lowest BCUT2D eigenvalue weighted by atomic mass is 10.2. The molecular formula is C13H14N2O3S3. The number of carboxylic acids is 1. The molecule has 2 rings (SSSR count). The number of nitrogens with one attached hydrogen (secondary N) is 1. The highest BCUT2D eigenvalue weighted by Gasteiger charge is 2.21. The van der Waals surface area contributed by atoms with Crippen LogP contribution in [0.4, 0.5) is 0 Å². The predicted molar refractivity (Wildman–Crippen MR) is 87.3 cm³/mol. The van der Waals surface area contributed by atoms with E-state index in [1.807, 2.05) is 23.8 Å². The van der Waals surface area contributed by atoms with E-state index in [1.54, 1.807) is 28.5 Å². The van der Waals surface area contributed by atoms with Crippen molar-refractivity contribution in [2.45, 2.75) is 12.5 Å². The van der Waals surface area contributed by atoms with E-state index in [2.05, 4.69) is 10.3 Å². The minimum Gasteiger partial charge on any atom is -0.480 e. The molecular weight excluding hydrogens is 328 g/mol. The highest BCUT2D eigenvalue weighted by molar-refractivity contribution is 7.98. The Morgan fingerprint density at radius 1 is 1.48 bits per heavy atom. The SMILES string of the molecule is CSCC[C@@H](NC(=O)c1csc(-c2cccs2)n1)C(=O)O. The molecule has 2 heterocycles. The Morgan fingerprint density at radius 2 is 2.29 bits per heavy atom. The number of carbonyl (C=O) groups is 2. The molecule has 0 aliphatic rings. The lowest BCUT2D eigenvalue weighted by molar-refractivity contribution is -0.139. The number of carboxylic acid groups (broad SMARTS) is 1. The van der Waals surface area contributed by atoms with Gasteiger partial charge < -0.3 is 10.4 Å². The third kappa shape index (κ3) is 4.29. The predicted octanol–water partition coefficient (Wildman–Crippen LogP) is 2.81. The topological polar surface area (TPSA) is 79.3 Å². The summed E-state index contributed by atoms with van der Waals surface area (Å²) in [6, 6.07) is 2.98. The van der Waals surface area contributed by atoms with Gasteiger partial charge in [0.25, 0.3) is 5.91 Å². The van der Waals surface area contributed by atoms with Crippen molar-refractivity contribution >= 4 is 46.3 Å². The van der Waals surface area contributed by atoms with Crippen LogP contribution in [-0.4, -0.2) is 40.0 Å². The third-order valence-corrected chi connectivity index (χ3v) is 5.21. The van der Waals surface area contributed by atoms with Crippen LogP contribution in [0.25, 0.3) is 9.88 Å². The molecule has 5 nitrogen and oxygen atoms in total. The molecule has 0 aliphatic heterocycles. The number of nitrogens with zero attached hydrogens (tertiary/aromatic N) is 1. The Morgan fingerprint density at radius 3 is 2.90 bits per heavy atom. The molecule has 1 amide bonds. The number of hydrogen-bond acceptors (Lipinski definition) is 6. The van der Waals surface area contributed by atoms with Gasteiger partial charge in [-0.05, 0) is 29.9 Å². The molecule has 0 saturated carbocycles. The van der Waals surface area contributed by atoms with E-state index in [0.29, 0.717) is 12.2 Å². The van der Waals surface area contributed by atoms with Crippen molar-refractivity contribution < 1.29 is 14.7 Å². The standard InChI is InChI=1S/C13H14N2O3S3/c1-19-6-4-8(13(17)18)14-11(16)9-7-21-12(15-9)10-3-2-5-20-10/h2-3,5,7-8H,4,6H2,1H3,(H,14,16)(H,17,18)/t8-/m1/s1. The summed E-state index contributed by atoms with van der Waals surface area (Å²) in [7, 11) is 0. The number of aliphatic carboxylic acids is 1. The van der Waals surface area contributed by atoms with Crippen LogP contribution >= 0.6 is 34.4 Å². The van der Waals surface area contributed by atoms with Crippen LogP contribution in [0.2, 0.25) is 0 Å². The van der Waals surface area contributed by atoms with Gasteiger partial charge in [-0.3, -0.25) is 4.79 Å². The maximum atomic E-state index is 12.1. The molecule has 21 heavy (non-hydrogen) atoms. The number of aromatic nitrogens is 1. The Hall–Kier alpha value is -1.38. The van der Waals surface area contributed by atoms with Crippen molar-refractivity contribution in [2.75, 3.05) is 12.0 Å². The number of carbonyl (C=O) groups excluding carboxylic acids is 1. The molecule has 0 spiro atoms. The highest BCUT2D eigenvalue weighted by atomic mass is 32.2. The first kappa shape index (κ1) is 16.0. The minimum atomic E-state index is -1.02. The average Bonchev–Trinajstić information content (AvgIpc) is 3.12. The van der Waals surface area contributed by atoms with Crippen molar-refractivity contribution in [2.24, 2.45) is 0 Å². The molecule has 0 aliphatic carbocycles. The number of thiazole rings is 1. The van der Waals surface area contributed by atoms with Gasteiger partial charge in [0.05, 0.1) is 4.88 Å². The average molecular weight is 342 g/mol. The summed E-state index contributed by atoms with van der Waals surface area (Å²) in [6.45, 7) is 0. The maximum Gasteiger partial charge on any atom is 0.326 e. The first-order valence-electron chi connectivity index (χ1n) is 6.14. The maximum absolute atomic E-state index is 12.1. The van der Waals surface area contributed by atoms with Crippen LogP contribution in [0.3, 0.4) is 0 Å². The van der Waals surface area contributed by atoms with Gasteiger partial charge in [-0.15, -0.1) is 22.7 Å². The first-order valence-corrected chi connectivity index (χ1v) is 9.29. The fourth-order valence-corrected chi connectivity index (χ4v) is 3.70. The number of amides is 1. The van der Waals surface area contributed by atoms with Crippen molar-refractivity contribution in [1.82, 2.24) is 10.3 Å². The van der Waals surface area contributed by atoms with E-state index in [-0.39, 0.29) is 5.69 Å². The normalized spacial score (nSPS) is 12.0. The smallest absolute Gasteiger partial charge is 0.326 e. The fourth-order valence-electron chi connectivity index (χ4n) is 1.62. The number of thiophene rings is 1. The van der Waals surface area contributed by atoms with Crippen LogP contribution in [0.5, 0.6) is 0 Å². The second kappa shape index (κ2) is 7.58.